The van der Waals surface area contributed by atoms with Crippen LogP contribution in [0.1, 0.15) is 42.4 Å². The quantitative estimate of drug-likeness (QED) is 0.901. The molecule has 3 nitrogen and oxygen atoms in total. The molecule has 3 rings (SSSR count). The Morgan fingerprint density at radius 3 is 2.85 bits per heavy atom. The second kappa shape index (κ2) is 5.21. The van der Waals surface area contributed by atoms with E-state index in [1.165, 1.54) is 16.7 Å². The van der Waals surface area contributed by atoms with Gasteiger partial charge in [0.1, 0.15) is 0 Å². The van der Waals surface area contributed by atoms with Gasteiger partial charge in [0.15, 0.2) is 0 Å². The Hall–Kier alpha value is -1.35. The summed E-state index contributed by atoms with van der Waals surface area (Å²) in [6, 6.07) is 6.51. The van der Waals surface area contributed by atoms with Crippen LogP contribution in [0.25, 0.3) is 0 Å². The summed E-state index contributed by atoms with van der Waals surface area (Å²) in [5.74, 6) is -0.421. The van der Waals surface area contributed by atoms with Gasteiger partial charge in [0.25, 0.3) is 0 Å². The van der Waals surface area contributed by atoms with Crippen LogP contribution in [0.2, 0.25) is 0 Å². The molecule has 0 amide bonds. The summed E-state index contributed by atoms with van der Waals surface area (Å²) >= 11 is 0. The van der Waals surface area contributed by atoms with Crippen molar-refractivity contribution in [2.45, 2.75) is 44.4 Å². The smallest absolute Gasteiger partial charge is 0.303 e. The van der Waals surface area contributed by atoms with E-state index in [0.717, 1.165) is 38.9 Å². The van der Waals surface area contributed by atoms with Crippen molar-refractivity contribution in [1.29, 1.82) is 0 Å². The van der Waals surface area contributed by atoms with E-state index in [9.17, 15) is 9.90 Å². The first kappa shape index (κ1) is 13.6. The molecule has 1 unspecified atom stereocenters. The Balaban J connectivity index is 2.07. The predicted octanol–water partition coefficient (Wildman–Crippen LogP) is 3.08. The van der Waals surface area contributed by atoms with Gasteiger partial charge in [-0.05, 0) is 55.2 Å². The maximum Gasteiger partial charge on any atom is 0.303 e. The number of carboxylic acids is 1. The van der Waals surface area contributed by atoms with Gasteiger partial charge in [0, 0.05) is 25.0 Å². The molecule has 108 valence electrons. The standard InChI is InChI=1S/C17H22O3/c1-12-3-2-4-15-14(12)6-5-13(11-16(18)19)17(15)7-9-20-10-8-17/h2-4,13H,5-11H2,1H3,(H,18,19). The van der Waals surface area contributed by atoms with Crippen molar-refractivity contribution in [2.24, 2.45) is 5.92 Å². The largest absolute Gasteiger partial charge is 0.481 e. The maximum absolute atomic E-state index is 11.2. The van der Waals surface area contributed by atoms with E-state index >= 15 is 0 Å². The Labute approximate surface area is 120 Å². The second-order valence-electron chi connectivity index (χ2n) is 6.20. The molecule has 1 N–H and O–H groups in total. The fourth-order valence-electron chi connectivity index (χ4n) is 4.24. The molecule has 2 aliphatic rings. The lowest BCUT2D eigenvalue weighted by Crippen LogP contribution is -2.45. The van der Waals surface area contributed by atoms with E-state index in [1.54, 1.807) is 0 Å². The van der Waals surface area contributed by atoms with Gasteiger partial charge >= 0.3 is 5.97 Å². The Kier molecular flexibility index (Phi) is 3.55. The topological polar surface area (TPSA) is 46.5 Å². The summed E-state index contributed by atoms with van der Waals surface area (Å²) in [5.41, 5.74) is 4.23. The molecule has 1 atom stereocenters. The maximum atomic E-state index is 11.2. The van der Waals surface area contributed by atoms with Crippen molar-refractivity contribution in [2.75, 3.05) is 13.2 Å². The summed E-state index contributed by atoms with van der Waals surface area (Å²) in [6.07, 6.45) is 4.21. The van der Waals surface area contributed by atoms with E-state index in [2.05, 4.69) is 25.1 Å². The summed E-state index contributed by atoms with van der Waals surface area (Å²) < 4.78 is 5.55. The van der Waals surface area contributed by atoms with Crippen LogP contribution in [0.4, 0.5) is 0 Å². The number of rotatable bonds is 2. The second-order valence-corrected chi connectivity index (χ2v) is 6.20. The van der Waals surface area contributed by atoms with E-state index < -0.39 is 5.97 Å². The summed E-state index contributed by atoms with van der Waals surface area (Å²) in [7, 11) is 0. The zero-order valence-corrected chi connectivity index (χ0v) is 12.0. The highest BCUT2D eigenvalue weighted by molar-refractivity contribution is 5.67. The fraction of sp³-hybridized carbons (Fsp3) is 0.588. The van der Waals surface area contributed by atoms with Crippen LogP contribution >= 0.6 is 0 Å². The number of aryl methyl sites for hydroxylation is 1. The van der Waals surface area contributed by atoms with Crippen LogP contribution in [-0.2, 0) is 21.4 Å². The third-order valence-corrected chi connectivity index (χ3v) is 5.28. The van der Waals surface area contributed by atoms with Crippen molar-refractivity contribution < 1.29 is 14.6 Å². The molecule has 1 saturated heterocycles. The number of hydrogen-bond donors (Lipinski definition) is 1. The first-order valence-electron chi connectivity index (χ1n) is 7.52. The molecule has 1 spiro atoms. The lowest BCUT2D eigenvalue weighted by atomic mass is 9.58. The highest BCUT2D eigenvalue weighted by Gasteiger charge is 2.45. The molecule has 20 heavy (non-hydrogen) atoms. The van der Waals surface area contributed by atoms with Crippen LogP contribution in [-0.4, -0.2) is 24.3 Å². The van der Waals surface area contributed by atoms with Crippen LogP contribution in [0.5, 0.6) is 0 Å². The minimum atomic E-state index is -0.669. The third kappa shape index (κ3) is 2.14. The number of carboxylic acid groups (broad SMARTS) is 1. The van der Waals surface area contributed by atoms with Crippen molar-refractivity contribution >= 4 is 5.97 Å². The van der Waals surface area contributed by atoms with Crippen molar-refractivity contribution in [3.63, 3.8) is 0 Å². The minimum Gasteiger partial charge on any atom is -0.481 e. The van der Waals surface area contributed by atoms with Crippen LogP contribution in [0.3, 0.4) is 0 Å². The van der Waals surface area contributed by atoms with Gasteiger partial charge in [0.2, 0.25) is 0 Å². The highest BCUT2D eigenvalue weighted by atomic mass is 16.5. The van der Waals surface area contributed by atoms with E-state index in [0.29, 0.717) is 0 Å². The lowest BCUT2D eigenvalue weighted by Gasteiger charge is -2.48. The first-order valence-corrected chi connectivity index (χ1v) is 7.52. The molecule has 1 aromatic carbocycles. The molecular formula is C17H22O3. The SMILES string of the molecule is Cc1cccc2c1CCC(CC(=O)O)C21CCOCC1. The molecule has 0 bridgehead atoms. The van der Waals surface area contributed by atoms with E-state index in [-0.39, 0.29) is 17.8 Å². The highest BCUT2D eigenvalue weighted by Crippen LogP contribution is 2.50. The first-order chi connectivity index (χ1) is 9.63. The van der Waals surface area contributed by atoms with Gasteiger partial charge in [-0.2, -0.15) is 0 Å². The lowest BCUT2D eigenvalue weighted by molar-refractivity contribution is -0.139. The van der Waals surface area contributed by atoms with Crippen LogP contribution in [0.15, 0.2) is 18.2 Å². The number of benzene rings is 1. The van der Waals surface area contributed by atoms with Crippen LogP contribution < -0.4 is 0 Å². The third-order valence-electron chi connectivity index (χ3n) is 5.28. The number of hydrogen-bond acceptors (Lipinski definition) is 2. The van der Waals surface area contributed by atoms with Gasteiger partial charge < -0.3 is 9.84 Å². The molecule has 1 heterocycles. The van der Waals surface area contributed by atoms with Crippen molar-refractivity contribution in [3.8, 4) is 0 Å². The Bertz CT molecular complexity index is 515. The van der Waals surface area contributed by atoms with Crippen molar-refractivity contribution in [1.82, 2.24) is 0 Å². The molecule has 1 aliphatic carbocycles. The number of aliphatic carboxylic acids is 1. The zero-order valence-electron chi connectivity index (χ0n) is 12.0. The van der Waals surface area contributed by atoms with Gasteiger partial charge in [-0.1, -0.05) is 18.2 Å². The zero-order chi connectivity index (χ0) is 14.2. The molecule has 0 aromatic heterocycles. The number of fused-ring (bicyclic) bond motifs is 2. The predicted molar refractivity (Wildman–Crippen MR) is 77.0 cm³/mol. The van der Waals surface area contributed by atoms with Crippen molar-refractivity contribution in [3.05, 3.63) is 34.9 Å². The molecule has 3 heteroatoms. The van der Waals surface area contributed by atoms with Gasteiger partial charge in [-0.3, -0.25) is 4.79 Å². The minimum absolute atomic E-state index is 0.0241. The Morgan fingerprint density at radius 2 is 2.15 bits per heavy atom. The molecule has 0 saturated carbocycles. The molecular weight excluding hydrogens is 252 g/mol. The summed E-state index contributed by atoms with van der Waals surface area (Å²) in [6.45, 7) is 3.68. The Morgan fingerprint density at radius 1 is 1.40 bits per heavy atom. The van der Waals surface area contributed by atoms with Gasteiger partial charge in [-0.25, -0.2) is 0 Å². The monoisotopic (exact) mass is 274 g/mol. The van der Waals surface area contributed by atoms with E-state index in [4.69, 9.17) is 4.74 Å². The average Bonchev–Trinajstić information content (AvgIpc) is 2.44. The summed E-state index contributed by atoms with van der Waals surface area (Å²) in [5, 5.41) is 9.25. The molecule has 1 aliphatic heterocycles. The van der Waals surface area contributed by atoms with E-state index in [1.807, 2.05) is 0 Å². The van der Waals surface area contributed by atoms with Crippen LogP contribution in [0, 0.1) is 12.8 Å². The number of carbonyl (C=O) groups is 1. The fourth-order valence-corrected chi connectivity index (χ4v) is 4.24. The van der Waals surface area contributed by atoms with Gasteiger partial charge in [-0.15, -0.1) is 0 Å². The van der Waals surface area contributed by atoms with Gasteiger partial charge in [0.05, 0.1) is 0 Å². The average molecular weight is 274 g/mol. The summed E-state index contributed by atoms with van der Waals surface area (Å²) in [4.78, 5) is 11.2. The molecule has 1 aromatic rings. The molecule has 1 fully saturated rings. The normalized spacial score (nSPS) is 24.4. The molecule has 0 radical (unpaired) electrons. The number of ether oxygens (including phenoxy) is 1.